The number of aromatic nitrogens is 1. The molecule has 0 unspecified atom stereocenters. The van der Waals surface area contributed by atoms with Crippen LogP contribution in [0.3, 0.4) is 0 Å². The van der Waals surface area contributed by atoms with Crippen LogP contribution in [0.25, 0.3) is 10.9 Å². The lowest BCUT2D eigenvalue weighted by Crippen LogP contribution is -2.62. The van der Waals surface area contributed by atoms with E-state index in [1.807, 2.05) is 13.8 Å². The Bertz CT molecular complexity index is 3300. The van der Waals surface area contributed by atoms with Crippen LogP contribution in [0.4, 0.5) is 0 Å². The third kappa shape index (κ3) is 22.9. The van der Waals surface area contributed by atoms with E-state index < -0.39 is 156 Å². The summed E-state index contributed by atoms with van der Waals surface area (Å²) in [5.74, 6) is -11.1. The Morgan fingerprint density at radius 2 is 1.12 bits per heavy atom. The average molecular weight is 1310 g/mol. The number of likely N-dealkylation sites (tertiary alicyclic amines) is 1. The molecule has 29 nitrogen and oxygen atoms in total. The third-order valence-corrected chi connectivity index (χ3v) is 16.0. The minimum Gasteiger partial charge on any atom is -0.508 e. The van der Waals surface area contributed by atoms with Crippen LogP contribution in [0.15, 0.2) is 90.1 Å². The normalized spacial score (nSPS) is 16.2. The Labute approximate surface area is 545 Å². The number of benzene rings is 3. The summed E-state index contributed by atoms with van der Waals surface area (Å²) >= 11 is 0. The number of hydrogen-bond donors (Lipinski definition) is 16. The van der Waals surface area contributed by atoms with Gasteiger partial charge in [-0.15, -0.1) is 0 Å². The fourth-order valence-electron chi connectivity index (χ4n) is 10.9. The van der Waals surface area contributed by atoms with Crippen molar-refractivity contribution in [2.24, 2.45) is 45.7 Å². The van der Waals surface area contributed by atoms with E-state index >= 15 is 4.79 Å². The van der Waals surface area contributed by atoms with Crippen molar-refractivity contribution < 1.29 is 68.1 Å². The monoisotopic (exact) mass is 1310 g/mol. The fraction of sp³-hybridized carbons (Fsp3) is 0.508. The first kappa shape index (κ1) is 75.1. The number of aromatic hydroxyl groups is 1. The van der Waals surface area contributed by atoms with Gasteiger partial charge in [0.15, 0.2) is 5.96 Å². The van der Waals surface area contributed by atoms with Gasteiger partial charge < -0.3 is 90.7 Å². The molecule has 1 aliphatic heterocycles. The highest BCUT2D eigenvalue weighted by Gasteiger charge is 2.42. The van der Waals surface area contributed by atoms with E-state index in [2.05, 4.69) is 52.5 Å². The molecule has 0 spiro atoms. The van der Waals surface area contributed by atoms with Crippen molar-refractivity contribution in [1.82, 2.24) is 52.4 Å². The van der Waals surface area contributed by atoms with Crippen LogP contribution in [0.5, 0.6) is 5.75 Å². The lowest BCUT2D eigenvalue weighted by molar-refractivity contribution is -0.143. The van der Waals surface area contributed by atoms with Crippen LogP contribution in [0.1, 0.15) is 110 Å². The van der Waals surface area contributed by atoms with Gasteiger partial charge in [0.25, 0.3) is 0 Å². The predicted molar refractivity (Wildman–Crippen MR) is 349 cm³/mol. The molecule has 20 N–H and O–H groups in total. The Balaban J connectivity index is 1.41. The molecule has 0 bridgehead atoms. The summed E-state index contributed by atoms with van der Waals surface area (Å²) < 4.78 is 0. The highest BCUT2D eigenvalue weighted by Crippen LogP contribution is 2.24. The Kier molecular flexibility index (Phi) is 28.7. The molecule has 1 aliphatic rings. The fourth-order valence-corrected chi connectivity index (χ4v) is 10.9. The van der Waals surface area contributed by atoms with Crippen LogP contribution in [0, 0.1) is 17.8 Å². The topological polar surface area (TPSA) is 480 Å². The number of aliphatic carboxylic acids is 1. The molecule has 2 heterocycles. The maximum atomic E-state index is 15.1. The number of guanidine groups is 1. The minimum atomic E-state index is -1.87. The molecule has 0 aliphatic carbocycles. The largest absolute Gasteiger partial charge is 0.508 e. The standard InChI is InChI=1S/C65H93N15O14/c1-34(2)29-43(66)55(84)77-53(36(5)6)61(90)78-52(35(3)4)60(89)75-48(30-39-21-23-41(82)24-22-39)63(92)80-28-14-20-50(80)59(88)74-47(32-40-33-71-44-18-12-11-17-42(40)44)58(87)79-54(37(7)81)62(91)73-46(25-26-51(67)83)57(86)72-45(19-13-27-70-65(68)69)56(85)76-49(64(93)94)31-38-15-9-8-10-16-38/h8-12,15-18,21-24,33-37,43,45-50,52-54,71,81-82H,13-14,19-20,25-32,66H2,1-7H3,(H2,67,83)(H,72,86)(H,73,91)(H,74,88)(H,75,89)(H,76,85)(H,77,84)(H,78,90)(H,79,87)(H,93,94)(H4,68,69,70)/t37-,43+,45+,46+,47+,48+,49+,50-,52+,53+,54+/m1/s1. The van der Waals surface area contributed by atoms with Gasteiger partial charge in [-0.05, 0) is 98.1 Å². The number of carboxylic acids is 1. The number of carboxylic acid groups (broad SMARTS) is 1. The number of para-hydroxylation sites is 1. The van der Waals surface area contributed by atoms with Crippen molar-refractivity contribution >= 4 is 81.9 Å². The molecule has 0 saturated carbocycles. The minimum absolute atomic E-state index is 0.00447. The highest BCUT2D eigenvalue weighted by atomic mass is 16.4. The molecule has 1 fully saturated rings. The van der Waals surface area contributed by atoms with Gasteiger partial charge in [-0.3, -0.25) is 52.9 Å². The predicted octanol–water partition coefficient (Wildman–Crippen LogP) is -0.759. The Morgan fingerprint density at radius 3 is 1.71 bits per heavy atom. The molecule has 29 heteroatoms. The van der Waals surface area contributed by atoms with Gasteiger partial charge in [-0.1, -0.05) is 102 Å². The van der Waals surface area contributed by atoms with E-state index in [-0.39, 0.29) is 69.2 Å². The molecule has 3 aromatic carbocycles. The van der Waals surface area contributed by atoms with E-state index in [0.717, 1.165) is 0 Å². The van der Waals surface area contributed by atoms with Gasteiger partial charge in [0.2, 0.25) is 59.1 Å². The smallest absolute Gasteiger partial charge is 0.326 e. The number of nitrogens with zero attached hydrogens (tertiary/aromatic N) is 2. The van der Waals surface area contributed by atoms with Crippen molar-refractivity contribution in [2.75, 3.05) is 13.1 Å². The number of carbonyl (C=O) groups is 11. The molecular formula is C65H93N15O14. The molecule has 4 aromatic rings. The summed E-state index contributed by atoms with van der Waals surface area (Å²) in [6.07, 6.45) is -0.841. The zero-order chi connectivity index (χ0) is 69.5. The van der Waals surface area contributed by atoms with E-state index in [1.54, 1.807) is 101 Å². The lowest BCUT2D eigenvalue weighted by Gasteiger charge is -2.32. The van der Waals surface area contributed by atoms with Crippen molar-refractivity contribution in [3.05, 3.63) is 102 Å². The van der Waals surface area contributed by atoms with E-state index in [1.165, 1.54) is 24.0 Å². The third-order valence-electron chi connectivity index (χ3n) is 16.0. The van der Waals surface area contributed by atoms with Crippen LogP contribution in [0.2, 0.25) is 0 Å². The maximum absolute atomic E-state index is 15.1. The number of phenols is 1. The van der Waals surface area contributed by atoms with Gasteiger partial charge in [-0.2, -0.15) is 0 Å². The number of nitrogens with one attached hydrogen (secondary N) is 9. The first-order valence-corrected chi connectivity index (χ1v) is 31.5. The number of aliphatic hydroxyl groups is 1. The number of carbonyl (C=O) groups excluding carboxylic acids is 10. The summed E-state index contributed by atoms with van der Waals surface area (Å²) in [5.41, 5.74) is 24.9. The molecule has 512 valence electrons. The number of rotatable bonds is 36. The number of aliphatic hydroxyl groups excluding tert-OH is 1. The number of aromatic amines is 1. The molecule has 10 amide bonds. The number of H-pyrrole nitrogens is 1. The summed E-state index contributed by atoms with van der Waals surface area (Å²) in [6, 6.07) is 7.57. The first-order valence-electron chi connectivity index (χ1n) is 31.5. The number of phenolic OH excluding ortho intramolecular Hbond substituents is 1. The van der Waals surface area contributed by atoms with Crippen LogP contribution >= 0.6 is 0 Å². The number of fused-ring (bicyclic) bond motifs is 1. The van der Waals surface area contributed by atoms with E-state index in [4.69, 9.17) is 22.9 Å². The molecular weight excluding hydrogens is 1210 g/mol. The second-order valence-electron chi connectivity index (χ2n) is 24.8. The van der Waals surface area contributed by atoms with Crippen LogP contribution in [-0.4, -0.2) is 176 Å². The number of nitrogens with two attached hydrogens (primary N) is 4. The summed E-state index contributed by atoms with van der Waals surface area (Å²) in [6.45, 7) is 11.8. The molecule has 1 aromatic heterocycles. The number of hydrogen-bond acceptors (Lipinski definition) is 15. The second-order valence-corrected chi connectivity index (χ2v) is 24.8. The van der Waals surface area contributed by atoms with Crippen molar-refractivity contribution in [3.8, 4) is 5.75 Å². The quantitative estimate of drug-likeness (QED) is 0.0151. The Morgan fingerprint density at radius 1 is 0.596 bits per heavy atom. The van der Waals surface area contributed by atoms with E-state index in [0.29, 0.717) is 40.4 Å². The Hall–Kier alpha value is -9.64. The SMILES string of the molecule is CC(C)C[C@H](N)C(=O)N[C@H](C(=O)N[C@H](C(=O)N[C@@H](Cc1ccc(O)cc1)C(=O)N1CCC[C@@H]1C(=O)N[C@@H](Cc1c[nH]c2ccccc12)C(=O)N[C@H](C(=O)N[C@@H](CCC(N)=O)C(=O)N[C@@H](CCCN=C(N)N)C(=O)N[C@@H](Cc1ccccc1)C(=O)O)[C@@H](C)O)C(C)C)C(C)C. The van der Waals surface area contributed by atoms with Gasteiger partial charge in [-0.25, -0.2) is 4.79 Å². The molecule has 5 rings (SSSR count). The highest BCUT2D eigenvalue weighted by molar-refractivity contribution is 5.99. The van der Waals surface area contributed by atoms with Crippen molar-refractivity contribution in [1.29, 1.82) is 0 Å². The van der Waals surface area contributed by atoms with Crippen LogP contribution < -0.4 is 65.5 Å². The van der Waals surface area contributed by atoms with Crippen molar-refractivity contribution in [2.45, 2.75) is 179 Å². The van der Waals surface area contributed by atoms with Gasteiger partial charge in [0.05, 0.1) is 12.1 Å². The second kappa shape index (κ2) is 36.0. The lowest BCUT2D eigenvalue weighted by atomic mass is 9.97. The molecule has 11 atom stereocenters. The summed E-state index contributed by atoms with van der Waals surface area (Å²) in [4.78, 5) is 162. The van der Waals surface area contributed by atoms with Gasteiger partial charge in [0, 0.05) is 55.9 Å². The first-order chi connectivity index (χ1) is 44.4. The van der Waals surface area contributed by atoms with Crippen LogP contribution in [-0.2, 0) is 72.0 Å². The van der Waals surface area contributed by atoms with Crippen molar-refractivity contribution in [3.63, 3.8) is 0 Å². The summed E-state index contributed by atoms with van der Waals surface area (Å²) in [5, 5.41) is 53.1. The summed E-state index contributed by atoms with van der Waals surface area (Å²) in [7, 11) is 0. The maximum Gasteiger partial charge on any atom is 0.326 e. The number of amides is 10. The van der Waals surface area contributed by atoms with Gasteiger partial charge >= 0.3 is 5.97 Å². The zero-order valence-corrected chi connectivity index (χ0v) is 54.2. The molecule has 1 saturated heterocycles. The molecule has 0 radical (unpaired) electrons. The zero-order valence-electron chi connectivity index (χ0n) is 54.2. The number of aliphatic imine (C=N–C) groups is 1. The van der Waals surface area contributed by atoms with Gasteiger partial charge in [0.1, 0.15) is 60.1 Å². The number of primary amides is 1. The van der Waals surface area contributed by atoms with E-state index in [9.17, 15) is 63.3 Å². The molecule has 94 heavy (non-hydrogen) atoms. The average Bonchev–Trinajstić information content (AvgIpc) is 1.60.